The first kappa shape index (κ1) is 32.9. The summed E-state index contributed by atoms with van der Waals surface area (Å²) in [6.45, 7) is 17.6. The lowest BCUT2D eigenvalue weighted by Gasteiger charge is -2.35. The molecule has 0 aliphatic carbocycles. The molecule has 200 valence electrons. The fraction of sp³-hybridized carbons (Fsp3) is 1.00. The van der Waals surface area contributed by atoms with Gasteiger partial charge in [-0.1, -0.05) is 40.0 Å². The zero-order chi connectivity index (χ0) is 24.8. The van der Waals surface area contributed by atoms with E-state index in [1.165, 1.54) is 0 Å². The van der Waals surface area contributed by atoms with Gasteiger partial charge in [0.05, 0.1) is 0 Å². The van der Waals surface area contributed by atoms with E-state index < -0.39 is 21.3 Å². The minimum Gasteiger partial charge on any atom is -0.354 e. The van der Waals surface area contributed by atoms with E-state index in [9.17, 15) is 0 Å². The van der Waals surface area contributed by atoms with Crippen molar-refractivity contribution >= 4 is 9.05 Å². The van der Waals surface area contributed by atoms with E-state index in [0.29, 0.717) is 59.1 Å². The maximum atomic E-state index is 6.43. The van der Waals surface area contributed by atoms with Crippen molar-refractivity contribution in [3.05, 3.63) is 0 Å². The molecule has 1 atom stereocenters. The second kappa shape index (κ2) is 21.2. The Balaban J connectivity index is 5.58. The van der Waals surface area contributed by atoms with Crippen LogP contribution in [0.1, 0.15) is 99.8 Å². The zero-order valence-corrected chi connectivity index (χ0v) is 23.4. The van der Waals surface area contributed by atoms with E-state index in [2.05, 4.69) is 20.8 Å². The minimum atomic E-state index is -3.41. The lowest BCUT2D eigenvalue weighted by atomic mass is 10.2. The lowest BCUT2D eigenvalue weighted by molar-refractivity contribution is -0.382. The molecule has 33 heavy (non-hydrogen) atoms. The van der Waals surface area contributed by atoms with Crippen molar-refractivity contribution in [3.63, 3.8) is 0 Å². The Morgan fingerprint density at radius 1 is 0.606 bits per heavy atom. The third kappa shape index (κ3) is 14.8. The molecule has 0 spiro atoms. The summed E-state index contributed by atoms with van der Waals surface area (Å²) < 4.78 is 48.6. The van der Waals surface area contributed by atoms with E-state index in [0.717, 1.165) is 38.5 Å². The van der Waals surface area contributed by atoms with Crippen LogP contribution >= 0.6 is 0 Å². The summed E-state index contributed by atoms with van der Waals surface area (Å²) in [6, 6.07) is 0. The van der Waals surface area contributed by atoms with Gasteiger partial charge in [-0.3, -0.25) is 0 Å². The highest BCUT2D eigenvalue weighted by atomic mass is 28.4. The summed E-state index contributed by atoms with van der Waals surface area (Å²) in [6.07, 6.45) is 6.11. The van der Waals surface area contributed by atoms with Crippen molar-refractivity contribution in [2.24, 2.45) is 0 Å². The highest BCUT2D eigenvalue weighted by Gasteiger charge is 2.48. The Morgan fingerprint density at radius 3 is 1.36 bits per heavy atom. The third-order valence-corrected chi connectivity index (χ3v) is 6.96. The van der Waals surface area contributed by atoms with E-state index in [1.807, 2.05) is 27.7 Å². The highest BCUT2D eigenvalue weighted by Crippen LogP contribution is 2.26. The van der Waals surface area contributed by atoms with Gasteiger partial charge < -0.3 is 36.7 Å². The van der Waals surface area contributed by atoms with Crippen LogP contribution in [0.2, 0.25) is 0 Å². The van der Waals surface area contributed by atoms with Crippen molar-refractivity contribution in [2.75, 3.05) is 46.2 Å². The zero-order valence-electron chi connectivity index (χ0n) is 22.4. The Labute approximate surface area is 204 Å². The predicted molar refractivity (Wildman–Crippen MR) is 132 cm³/mol. The summed E-state index contributed by atoms with van der Waals surface area (Å²) in [5.74, 6) is -1.13. The maximum absolute atomic E-state index is 6.43. The van der Waals surface area contributed by atoms with Gasteiger partial charge in [-0.25, -0.2) is 0 Å². The number of ether oxygens (including phenoxy) is 4. The Hall–Kier alpha value is -0.103. The Bertz CT molecular complexity index is 384. The van der Waals surface area contributed by atoms with Crippen molar-refractivity contribution < 1.29 is 36.7 Å². The molecule has 9 heteroatoms. The van der Waals surface area contributed by atoms with E-state index in [4.69, 9.17) is 36.7 Å². The van der Waals surface area contributed by atoms with Crippen LogP contribution in [-0.4, -0.2) is 67.6 Å². The molecule has 1 unspecified atom stereocenters. The summed E-state index contributed by atoms with van der Waals surface area (Å²) in [5.41, 5.74) is 0. The molecule has 0 aliphatic heterocycles. The van der Waals surface area contributed by atoms with Gasteiger partial charge in [0.25, 0.3) is 5.97 Å². The van der Waals surface area contributed by atoms with Crippen LogP contribution in [0.25, 0.3) is 0 Å². The number of hydrogen-bond acceptors (Lipinski definition) is 8. The second-order valence-electron chi connectivity index (χ2n) is 7.63. The van der Waals surface area contributed by atoms with Crippen molar-refractivity contribution in [2.45, 2.75) is 112 Å². The second-order valence-corrected chi connectivity index (χ2v) is 9.73. The summed E-state index contributed by atoms with van der Waals surface area (Å²) >= 11 is 0. The van der Waals surface area contributed by atoms with Gasteiger partial charge >= 0.3 is 9.05 Å². The fourth-order valence-electron chi connectivity index (χ4n) is 3.07. The monoisotopic (exact) mass is 496 g/mol. The van der Waals surface area contributed by atoms with Crippen LogP contribution in [0.3, 0.4) is 0 Å². The van der Waals surface area contributed by atoms with Crippen molar-refractivity contribution in [1.82, 2.24) is 0 Å². The van der Waals surface area contributed by atoms with E-state index in [-0.39, 0.29) is 0 Å². The number of unbranched alkanes of at least 4 members (excludes halogenated alkanes) is 3. The highest BCUT2D eigenvalue weighted by molar-refractivity contribution is 6.53. The molecule has 0 saturated heterocycles. The van der Waals surface area contributed by atoms with Gasteiger partial charge in [-0.2, -0.15) is 0 Å². The summed E-state index contributed by atoms with van der Waals surface area (Å²) in [5, 5.41) is 0. The maximum Gasteiger partial charge on any atom is 0.681 e. The normalized spacial score (nSPS) is 13.5. The van der Waals surface area contributed by atoms with Crippen LogP contribution in [0.5, 0.6) is 0 Å². The first-order valence-corrected chi connectivity index (χ1v) is 14.8. The molecule has 0 radical (unpaired) electrons. The molecule has 8 nitrogen and oxygen atoms in total. The molecule has 0 saturated carbocycles. The Morgan fingerprint density at radius 2 is 1.03 bits per heavy atom. The van der Waals surface area contributed by atoms with Crippen LogP contribution in [-0.2, 0) is 36.7 Å². The molecule has 0 aromatic carbocycles. The largest absolute Gasteiger partial charge is 0.681 e. The predicted octanol–water partition coefficient (Wildman–Crippen LogP) is 5.79. The topological polar surface area (TPSA) is 73.8 Å². The average Bonchev–Trinajstić information content (AvgIpc) is 2.79. The third-order valence-electron chi connectivity index (χ3n) is 4.74. The van der Waals surface area contributed by atoms with Gasteiger partial charge in [0, 0.05) is 59.1 Å². The molecule has 0 amide bonds. The van der Waals surface area contributed by atoms with Gasteiger partial charge in [-0.05, 0) is 47.0 Å². The van der Waals surface area contributed by atoms with E-state index in [1.54, 1.807) is 0 Å². The molecule has 0 heterocycles. The minimum absolute atomic E-state index is 0.441. The van der Waals surface area contributed by atoms with Crippen LogP contribution in [0, 0.1) is 0 Å². The molecular formula is C24H52O8Si. The number of rotatable bonds is 25. The van der Waals surface area contributed by atoms with Gasteiger partial charge in [0.1, 0.15) is 0 Å². The SMILES string of the molecule is CCCCO[Si](OCCCC)(OCCCC)OC(CCC(OCC)(OCC)OCC)OCC. The van der Waals surface area contributed by atoms with Gasteiger partial charge in [0.15, 0.2) is 6.29 Å². The molecule has 0 fully saturated rings. The summed E-state index contributed by atoms with van der Waals surface area (Å²) in [4.78, 5) is 0. The first-order chi connectivity index (χ1) is 16.0. The van der Waals surface area contributed by atoms with Gasteiger partial charge in [-0.15, -0.1) is 0 Å². The van der Waals surface area contributed by atoms with Crippen LogP contribution in [0.4, 0.5) is 0 Å². The number of hydrogen-bond donors (Lipinski definition) is 0. The molecule has 0 rings (SSSR count). The van der Waals surface area contributed by atoms with Gasteiger partial charge in [0.2, 0.25) is 0 Å². The average molecular weight is 497 g/mol. The Kier molecular flexibility index (Phi) is 21.1. The fourth-order valence-corrected chi connectivity index (χ4v) is 5.22. The standard InChI is InChI=1S/C24H52O8Si/c1-8-15-20-29-33(30-21-16-9-2,31-22-17-10-3)32-23(25-11-4)18-19-24(26-12-5,27-13-6)28-14-7/h23H,8-22H2,1-7H3. The molecule has 0 N–H and O–H groups in total. The van der Waals surface area contributed by atoms with Crippen LogP contribution in [0.15, 0.2) is 0 Å². The first-order valence-electron chi connectivity index (χ1n) is 13.1. The smallest absolute Gasteiger partial charge is 0.354 e. The molecular weight excluding hydrogens is 444 g/mol. The molecule has 0 aliphatic rings. The quantitative estimate of drug-likeness (QED) is 0.0892. The van der Waals surface area contributed by atoms with Crippen molar-refractivity contribution in [1.29, 1.82) is 0 Å². The molecule has 0 bridgehead atoms. The van der Waals surface area contributed by atoms with Crippen molar-refractivity contribution in [3.8, 4) is 0 Å². The van der Waals surface area contributed by atoms with Crippen LogP contribution < -0.4 is 0 Å². The summed E-state index contributed by atoms with van der Waals surface area (Å²) in [7, 11) is -3.41. The van der Waals surface area contributed by atoms with E-state index >= 15 is 0 Å². The lowest BCUT2D eigenvalue weighted by Crippen LogP contribution is -2.53. The molecule has 0 aromatic rings. The molecule has 0 aromatic heterocycles.